The molecule has 0 saturated heterocycles. The second-order valence-electron chi connectivity index (χ2n) is 3.71. The van der Waals surface area contributed by atoms with Gasteiger partial charge in [0.05, 0.1) is 0 Å². The summed E-state index contributed by atoms with van der Waals surface area (Å²) in [6.07, 6.45) is 0. The average Bonchev–Trinajstić information content (AvgIpc) is 2.69. The van der Waals surface area contributed by atoms with Crippen molar-refractivity contribution in [2.45, 2.75) is 19.8 Å². The third-order valence-corrected chi connectivity index (χ3v) is 2.82. The van der Waals surface area contributed by atoms with E-state index < -0.39 is 0 Å². The maximum Gasteiger partial charge on any atom is 0.162 e. The zero-order valence-electron chi connectivity index (χ0n) is 8.77. The summed E-state index contributed by atoms with van der Waals surface area (Å²) in [6, 6.07) is 3.84. The van der Waals surface area contributed by atoms with Crippen molar-refractivity contribution in [3.05, 3.63) is 28.6 Å². The summed E-state index contributed by atoms with van der Waals surface area (Å²) in [5, 5.41) is 4.04. The quantitative estimate of drug-likeness (QED) is 0.845. The molecule has 0 radical (unpaired) electrons. The second-order valence-corrected chi connectivity index (χ2v) is 4.49. The van der Waals surface area contributed by atoms with Gasteiger partial charge in [-0.15, -0.1) is 0 Å². The number of aromatic nitrogens is 2. The van der Waals surface area contributed by atoms with Gasteiger partial charge in [-0.25, -0.2) is 9.97 Å². The molecule has 0 atom stereocenters. The largest absolute Gasteiger partial charge is 0.384 e. The van der Waals surface area contributed by atoms with Crippen LogP contribution in [0.5, 0.6) is 0 Å². The minimum atomic E-state index is 0.368. The Hall–Kier alpha value is -1.42. The van der Waals surface area contributed by atoms with E-state index in [0.717, 1.165) is 17.1 Å². The molecule has 2 N–H and O–H groups in total. The summed E-state index contributed by atoms with van der Waals surface area (Å²) in [6.45, 7) is 4.19. The van der Waals surface area contributed by atoms with E-state index in [-0.39, 0.29) is 0 Å². The summed E-state index contributed by atoms with van der Waals surface area (Å²) >= 11 is 1.63. The molecule has 0 aliphatic heterocycles. The zero-order valence-corrected chi connectivity index (χ0v) is 9.58. The summed E-state index contributed by atoms with van der Waals surface area (Å²) in [4.78, 5) is 8.72. The number of anilines is 1. The maximum atomic E-state index is 5.76. The lowest BCUT2D eigenvalue weighted by atomic mass is 10.1. The molecule has 15 heavy (non-hydrogen) atoms. The van der Waals surface area contributed by atoms with Gasteiger partial charge in [-0.3, -0.25) is 0 Å². The van der Waals surface area contributed by atoms with Gasteiger partial charge in [0.15, 0.2) is 5.82 Å². The number of nitrogens with zero attached hydrogens (tertiary/aromatic N) is 2. The molecule has 0 unspecified atom stereocenters. The molecule has 0 aliphatic carbocycles. The van der Waals surface area contributed by atoms with Gasteiger partial charge in [0.1, 0.15) is 5.82 Å². The molecule has 0 spiro atoms. The predicted octanol–water partition coefficient (Wildman–Crippen LogP) is 2.91. The van der Waals surface area contributed by atoms with E-state index in [2.05, 4.69) is 23.8 Å². The molecule has 2 aromatic heterocycles. The minimum absolute atomic E-state index is 0.368. The van der Waals surface area contributed by atoms with Crippen LogP contribution in [0.25, 0.3) is 11.4 Å². The molecular formula is C11H13N3S. The van der Waals surface area contributed by atoms with Gasteiger partial charge < -0.3 is 5.73 Å². The number of hydrogen-bond acceptors (Lipinski definition) is 4. The number of rotatable bonds is 2. The SMILES string of the molecule is CC(C)c1cc(N)nc(-c2ccsc2)n1. The van der Waals surface area contributed by atoms with E-state index in [1.54, 1.807) is 11.3 Å². The van der Waals surface area contributed by atoms with Gasteiger partial charge in [-0.2, -0.15) is 11.3 Å². The first-order chi connectivity index (χ1) is 7.16. The van der Waals surface area contributed by atoms with Crippen molar-refractivity contribution in [2.75, 3.05) is 5.73 Å². The number of nitrogen functional groups attached to an aromatic ring is 1. The maximum absolute atomic E-state index is 5.76. The molecular weight excluding hydrogens is 206 g/mol. The Morgan fingerprint density at radius 1 is 1.33 bits per heavy atom. The third-order valence-electron chi connectivity index (χ3n) is 2.14. The van der Waals surface area contributed by atoms with Crippen LogP contribution in [0.3, 0.4) is 0 Å². The Labute approximate surface area is 93.0 Å². The molecule has 0 amide bonds. The van der Waals surface area contributed by atoms with Gasteiger partial charge in [-0.1, -0.05) is 13.8 Å². The predicted molar refractivity (Wildman–Crippen MR) is 63.8 cm³/mol. The minimum Gasteiger partial charge on any atom is -0.384 e. The molecule has 78 valence electrons. The Balaban J connectivity index is 2.49. The van der Waals surface area contributed by atoms with Gasteiger partial charge in [0.2, 0.25) is 0 Å². The van der Waals surface area contributed by atoms with E-state index in [4.69, 9.17) is 5.73 Å². The van der Waals surface area contributed by atoms with Crippen molar-refractivity contribution in [1.82, 2.24) is 9.97 Å². The fourth-order valence-corrected chi connectivity index (χ4v) is 1.94. The standard InChI is InChI=1S/C11H13N3S/c1-7(2)9-5-10(12)14-11(13-9)8-3-4-15-6-8/h3-7H,1-2H3,(H2,12,13,14). The highest BCUT2D eigenvalue weighted by molar-refractivity contribution is 7.08. The Kier molecular flexibility index (Phi) is 2.68. The van der Waals surface area contributed by atoms with Gasteiger partial charge in [0.25, 0.3) is 0 Å². The highest BCUT2D eigenvalue weighted by atomic mass is 32.1. The van der Waals surface area contributed by atoms with Crippen LogP contribution in [0.1, 0.15) is 25.5 Å². The average molecular weight is 219 g/mol. The van der Waals surface area contributed by atoms with E-state index in [1.165, 1.54) is 0 Å². The van der Waals surface area contributed by atoms with Crippen LogP contribution in [0.2, 0.25) is 0 Å². The Morgan fingerprint density at radius 3 is 2.73 bits per heavy atom. The zero-order chi connectivity index (χ0) is 10.8. The molecule has 0 fully saturated rings. The molecule has 0 bridgehead atoms. The lowest BCUT2D eigenvalue weighted by Crippen LogP contribution is -2.01. The third kappa shape index (κ3) is 2.15. The molecule has 2 rings (SSSR count). The van der Waals surface area contributed by atoms with Crippen molar-refractivity contribution in [1.29, 1.82) is 0 Å². The van der Waals surface area contributed by atoms with Crippen LogP contribution in [-0.2, 0) is 0 Å². The Bertz CT molecular complexity index is 449. The summed E-state index contributed by atoms with van der Waals surface area (Å²) < 4.78 is 0. The van der Waals surface area contributed by atoms with E-state index in [9.17, 15) is 0 Å². The van der Waals surface area contributed by atoms with Crippen molar-refractivity contribution < 1.29 is 0 Å². The molecule has 0 aliphatic rings. The molecule has 4 heteroatoms. The van der Waals surface area contributed by atoms with Crippen LogP contribution < -0.4 is 5.73 Å². The smallest absolute Gasteiger partial charge is 0.162 e. The number of hydrogen-bond donors (Lipinski definition) is 1. The second kappa shape index (κ2) is 3.98. The first-order valence-electron chi connectivity index (χ1n) is 4.84. The number of nitrogens with two attached hydrogens (primary N) is 1. The van der Waals surface area contributed by atoms with E-state index >= 15 is 0 Å². The van der Waals surface area contributed by atoms with Crippen molar-refractivity contribution >= 4 is 17.2 Å². The van der Waals surface area contributed by atoms with E-state index in [0.29, 0.717) is 11.7 Å². The van der Waals surface area contributed by atoms with Crippen molar-refractivity contribution in [3.8, 4) is 11.4 Å². The lowest BCUT2D eigenvalue weighted by molar-refractivity contribution is 0.818. The fraction of sp³-hybridized carbons (Fsp3) is 0.273. The van der Waals surface area contributed by atoms with Gasteiger partial charge in [-0.05, 0) is 17.4 Å². The van der Waals surface area contributed by atoms with Gasteiger partial charge >= 0.3 is 0 Å². The van der Waals surface area contributed by atoms with Crippen molar-refractivity contribution in [2.24, 2.45) is 0 Å². The van der Waals surface area contributed by atoms with E-state index in [1.807, 2.05) is 22.9 Å². The Morgan fingerprint density at radius 2 is 2.13 bits per heavy atom. The van der Waals surface area contributed by atoms with Gasteiger partial charge in [0, 0.05) is 22.7 Å². The van der Waals surface area contributed by atoms with Crippen LogP contribution in [-0.4, -0.2) is 9.97 Å². The molecule has 3 nitrogen and oxygen atoms in total. The molecule has 2 aromatic rings. The summed E-state index contributed by atoms with van der Waals surface area (Å²) in [5.74, 6) is 1.63. The molecule has 0 saturated carbocycles. The highest BCUT2D eigenvalue weighted by Crippen LogP contribution is 2.22. The summed E-state index contributed by atoms with van der Waals surface area (Å²) in [5.41, 5.74) is 7.78. The lowest BCUT2D eigenvalue weighted by Gasteiger charge is -2.07. The fourth-order valence-electron chi connectivity index (χ4n) is 1.30. The number of thiophene rings is 1. The van der Waals surface area contributed by atoms with Crippen LogP contribution in [0.4, 0.5) is 5.82 Å². The topological polar surface area (TPSA) is 51.8 Å². The monoisotopic (exact) mass is 219 g/mol. The first kappa shape index (κ1) is 10.1. The molecule has 2 heterocycles. The van der Waals surface area contributed by atoms with Crippen molar-refractivity contribution in [3.63, 3.8) is 0 Å². The molecule has 0 aromatic carbocycles. The summed E-state index contributed by atoms with van der Waals surface area (Å²) in [7, 11) is 0. The first-order valence-corrected chi connectivity index (χ1v) is 5.78. The van der Waals surface area contributed by atoms with Crippen LogP contribution in [0, 0.1) is 0 Å². The highest BCUT2D eigenvalue weighted by Gasteiger charge is 2.07. The van der Waals surface area contributed by atoms with Crippen LogP contribution >= 0.6 is 11.3 Å². The normalized spacial score (nSPS) is 10.9. The van der Waals surface area contributed by atoms with Crippen LogP contribution in [0.15, 0.2) is 22.9 Å².